The molecule has 2 rings (SSSR count). The molecule has 0 atom stereocenters. The Morgan fingerprint density at radius 1 is 1.28 bits per heavy atom. The molecule has 0 spiro atoms. The van der Waals surface area contributed by atoms with Gasteiger partial charge in [0.05, 0.1) is 22.2 Å². The van der Waals surface area contributed by atoms with E-state index in [1.165, 1.54) is 17.5 Å². The van der Waals surface area contributed by atoms with Gasteiger partial charge in [-0.1, -0.05) is 42.8 Å². The predicted molar refractivity (Wildman–Crippen MR) is 107 cm³/mol. The van der Waals surface area contributed by atoms with Gasteiger partial charge in [0.2, 0.25) is 5.91 Å². The van der Waals surface area contributed by atoms with Crippen LogP contribution in [0.2, 0.25) is 5.02 Å². The van der Waals surface area contributed by atoms with Crippen molar-refractivity contribution in [3.8, 4) is 0 Å². The van der Waals surface area contributed by atoms with Crippen LogP contribution < -0.4 is 5.32 Å². The van der Waals surface area contributed by atoms with Crippen LogP contribution >= 0.6 is 23.4 Å². The maximum absolute atomic E-state index is 12.4. The highest BCUT2D eigenvalue weighted by Crippen LogP contribution is 2.28. The molecule has 1 heterocycles. The zero-order valence-corrected chi connectivity index (χ0v) is 17.1. The fourth-order valence-corrected chi connectivity index (χ4v) is 3.98. The summed E-state index contributed by atoms with van der Waals surface area (Å²) in [7, 11) is 0. The third kappa shape index (κ3) is 5.02. The number of carbonyl (C=O) groups is 1. The van der Waals surface area contributed by atoms with Crippen molar-refractivity contribution in [3.63, 3.8) is 0 Å². The average Bonchev–Trinajstić information content (AvgIpc) is 2.81. The number of nitrogens with one attached hydrogen (secondary N) is 1. The first-order valence-corrected chi connectivity index (χ1v) is 9.93. The van der Waals surface area contributed by atoms with Crippen LogP contribution in [0.5, 0.6) is 0 Å². The van der Waals surface area contributed by atoms with Gasteiger partial charge in [-0.3, -0.25) is 4.79 Å². The van der Waals surface area contributed by atoms with Crippen molar-refractivity contribution in [2.75, 3.05) is 11.1 Å². The smallest absolute Gasteiger partial charge is 0.234 e. The summed E-state index contributed by atoms with van der Waals surface area (Å²) < 4.78 is 2.21. The Balaban J connectivity index is 2.05. The van der Waals surface area contributed by atoms with Crippen LogP contribution in [0.15, 0.2) is 17.3 Å². The minimum atomic E-state index is -0.0702. The van der Waals surface area contributed by atoms with Gasteiger partial charge in [0.1, 0.15) is 0 Å². The quantitative estimate of drug-likeness (QED) is 0.664. The van der Waals surface area contributed by atoms with Crippen molar-refractivity contribution >= 4 is 35.0 Å². The second-order valence-corrected chi connectivity index (χ2v) is 7.70. The van der Waals surface area contributed by atoms with Crippen LogP contribution in [0.4, 0.5) is 5.69 Å². The number of rotatable bonds is 7. The molecule has 0 fully saturated rings. The van der Waals surface area contributed by atoms with Crippen molar-refractivity contribution in [1.29, 1.82) is 0 Å². The molecule has 6 heteroatoms. The number of nitrogens with zero attached hydrogens (tertiary/aromatic N) is 2. The van der Waals surface area contributed by atoms with Crippen LogP contribution in [0.1, 0.15) is 42.3 Å². The van der Waals surface area contributed by atoms with Gasteiger partial charge in [0, 0.05) is 12.2 Å². The number of carbonyl (C=O) groups excluding carboxylic acids is 1. The minimum Gasteiger partial charge on any atom is -0.324 e. The van der Waals surface area contributed by atoms with E-state index in [1.54, 1.807) is 0 Å². The van der Waals surface area contributed by atoms with Gasteiger partial charge in [-0.05, 0) is 51.3 Å². The van der Waals surface area contributed by atoms with Crippen LogP contribution in [-0.2, 0) is 11.3 Å². The molecule has 1 amide bonds. The SMILES string of the molecule is CCCCn1c(SCC(=O)Nc2c(C)cc(C)cc2Cl)nc(C)c1C. The molecule has 0 bridgehead atoms. The van der Waals surface area contributed by atoms with Crippen molar-refractivity contribution < 1.29 is 4.79 Å². The summed E-state index contributed by atoms with van der Waals surface area (Å²) in [5.74, 6) is 0.241. The number of hydrogen-bond donors (Lipinski definition) is 1. The summed E-state index contributed by atoms with van der Waals surface area (Å²) in [6.45, 7) is 11.1. The molecule has 2 aromatic rings. The standard InChI is InChI=1S/C19H26ClN3OS/c1-6-7-8-23-15(5)14(4)21-19(23)25-11-17(24)22-18-13(3)9-12(2)10-16(18)20/h9-10H,6-8,11H2,1-5H3,(H,22,24). The first kappa shape index (κ1) is 19.9. The summed E-state index contributed by atoms with van der Waals surface area (Å²) >= 11 is 7.74. The molecule has 25 heavy (non-hydrogen) atoms. The summed E-state index contributed by atoms with van der Waals surface area (Å²) in [6.07, 6.45) is 2.24. The number of thioether (sulfide) groups is 1. The molecule has 136 valence electrons. The predicted octanol–water partition coefficient (Wildman–Crippen LogP) is 5.30. The molecule has 4 nitrogen and oxygen atoms in total. The lowest BCUT2D eigenvalue weighted by Gasteiger charge is -2.12. The number of aryl methyl sites for hydroxylation is 3. The lowest BCUT2D eigenvalue weighted by atomic mass is 10.1. The molecule has 0 radical (unpaired) electrons. The molecule has 1 aromatic heterocycles. The van der Waals surface area contributed by atoms with E-state index < -0.39 is 0 Å². The maximum atomic E-state index is 12.4. The minimum absolute atomic E-state index is 0.0702. The molecular weight excluding hydrogens is 354 g/mol. The van der Waals surface area contributed by atoms with E-state index >= 15 is 0 Å². The fraction of sp³-hybridized carbons (Fsp3) is 0.474. The van der Waals surface area contributed by atoms with Crippen molar-refractivity contribution in [2.45, 2.75) is 59.2 Å². The lowest BCUT2D eigenvalue weighted by Crippen LogP contribution is -2.16. The number of benzene rings is 1. The van der Waals surface area contributed by atoms with Gasteiger partial charge in [0.25, 0.3) is 0 Å². The normalized spacial score (nSPS) is 11.0. The Labute approximate surface area is 159 Å². The molecule has 0 aliphatic rings. The van der Waals surface area contributed by atoms with E-state index in [2.05, 4.69) is 28.7 Å². The average molecular weight is 380 g/mol. The van der Waals surface area contributed by atoms with E-state index in [4.69, 9.17) is 11.6 Å². The van der Waals surface area contributed by atoms with Crippen LogP contribution in [0.25, 0.3) is 0 Å². The third-order valence-electron chi connectivity index (χ3n) is 4.19. The Kier molecular flexibility index (Phi) is 6.96. The number of unbranched alkanes of at least 4 members (excludes halogenated alkanes) is 1. The zero-order chi connectivity index (χ0) is 18.6. The monoisotopic (exact) mass is 379 g/mol. The Morgan fingerprint density at radius 2 is 2.00 bits per heavy atom. The van der Waals surface area contributed by atoms with Gasteiger partial charge in [-0.25, -0.2) is 4.98 Å². The molecule has 1 N–H and O–H groups in total. The highest BCUT2D eigenvalue weighted by atomic mass is 35.5. The molecular formula is C19H26ClN3OS. The van der Waals surface area contributed by atoms with E-state index in [0.717, 1.165) is 41.4 Å². The van der Waals surface area contributed by atoms with E-state index in [-0.39, 0.29) is 5.91 Å². The second-order valence-electron chi connectivity index (χ2n) is 6.35. The number of hydrogen-bond acceptors (Lipinski definition) is 3. The number of imidazole rings is 1. The molecule has 0 saturated heterocycles. The van der Waals surface area contributed by atoms with Crippen LogP contribution in [0.3, 0.4) is 0 Å². The largest absolute Gasteiger partial charge is 0.324 e. The van der Waals surface area contributed by atoms with E-state index in [0.29, 0.717) is 16.5 Å². The molecule has 0 aliphatic carbocycles. The first-order chi connectivity index (χ1) is 11.8. The summed E-state index contributed by atoms with van der Waals surface area (Å²) in [5, 5.41) is 4.41. The molecule has 0 unspecified atom stereocenters. The second kappa shape index (κ2) is 8.77. The van der Waals surface area contributed by atoms with E-state index in [9.17, 15) is 4.79 Å². The van der Waals surface area contributed by atoms with Gasteiger partial charge in [-0.2, -0.15) is 0 Å². The summed E-state index contributed by atoms with van der Waals surface area (Å²) in [5.41, 5.74) is 4.95. The number of anilines is 1. The maximum Gasteiger partial charge on any atom is 0.234 e. The van der Waals surface area contributed by atoms with Gasteiger partial charge in [0.15, 0.2) is 5.16 Å². The van der Waals surface area contributed by atoms with E-state index in [1.807, 2.05) is 32.9 Å². The molecule has 0 aliphatic heterocycles. The van der Waals surface area contributed by atoms with Crippen LogP contribution in [0, 0.1) is 27.7 Å². The fourth-order valence-electron chi connectivity index (χ4n) is 2.69. The van der Waals surface area contributed by atoms with Crippen molar-refractivity contribution in [2.24, 2.45) is 0 Å². The highest BCUT2D eigenvalue weighted by molar-refractivity contribution is 7.99. The number of halogens is 1. The summed E-state index contributed by atoms with van der Waals surface area (Å²) in [6, 6.07) is 3.88. The zero-order valence-electron chi connectivity index (χ0n) is 15.6. The molecule has 0 saturated carbocycles. The Hall–Kier alpha value is -1.46. The number of aromatic nitrogens is 2. The topological polar surface area (TPSA) is 46.9 Å². The van der Waals surface area contributed by atoms with Gasteiger partial charge >= 0.3 is 0 Å². The Bertz CT molecular complexity index is 747. The van der Waals surface area contributed by atoms with Crippen molar-refractivity contribution in [1.82, 2.24) is 9.55 Å². The highest BCUT2D eigenvalue weighted by Gasteiger charge is 2.14. The van der Waals surface area contributed by atoms with Crippen molar-refractivity contribution in [3.05, 3.63) is 39.7 Å². The van der Waals surface area contributed by atoms with Gasteiger partial charge in [-0.15, -0.1) is 0 Å². The lowest BCUT2D eigenvalue weighted by molar-refractivity contribution is -0.113. The molecule has 1 aromatic carbocycles. The third-order valence-corrected chi connectivity index (χ3v) is 5.46. The Morgan fingerprint density at radius 3 is 2.64 bits per heavy atom. The number of amides is 1. The first-order valence-electron chi connectivity index (χ1n) is 8.56. The van der Waals surface area contributed by atoms with Gasteiger partial charge < -0.3 is 9.88 Å². The summed E-state index contributed by atoms with van der Waals surface area (Å²) in [4.78, 5) is 17.0. The van der Waals surface area contributed by atoms with Crippen LogP contribution in [-0.4, -0.2) is 21.2 Å².